The van der Waals surface area contributed by atoms with Gasteiger partial charge in [0.1, 0.15) is 5.75 Å². The van der Waals surface area contributed by atoms with Crippen LogP contribution in [0.15, 0.2) is 12.1 Å². The molecule has 0 atom stereocenters. The number of rotatable bonds is 3. The van der Waals surface area contributed by atoms with E-state index in [1.165, 1.54) is 6.92 Å². The SMILES string of the molecule is CCc1[c]c(CC)c(OC(C)=O)cc1. The molecule has 2 heteroatoms. The molecule has 1 aromatic rings. The number of carbonyl (C=O) groups excluding carboxylic acids is 1. The first-order valence-corrected chi connectivity index (χ1v) is 4.89. The molecule has 75 valence electrons. The number of ether oxygens (including phenoxy) is 1. The van der Waals surface area contributed by atoms with Crippen LogP contribution in [0.25, 0.3) is 0 Å². The maximum Gasteiger partial charge on any atom is 0.308 e. The molecule has 0 N–H and O–H groups in total. The summed E-state index contributed by atoms with van der Waals surface area (Å²) < 4.78 is 5.07. The highest BCUT2D eigenvalue weighted by Gasteiger charge is 2.05. The standard InChI is InChI=1S/C12H15O2/c1-4-10-6-7-12(14-9(3)13)11(5-2)8-10/h6-7H,4-5H2,1-3H3. The van der Waals surface area contributed by atoms with Crippen molar-refractivity contribution in [3.05, 3.63) is 29.3 Å². The van der Waals surface area contributed by atoms with Crippen LogP contribution in [0.5, 0.6) is 5.75 Å². The lowest BCUT2D eigenvalue weighted by Crippen LogP contribution is -2.04. The van der Waals surface area contributed by atoms with E-state index in [1.54, 1.807) is 0 Å². The summed E-state index contributed by atoms with van der Waals surface area (Å²) in [6.07, 6.45) is 1.78. The molecule has 0 fully saturated rings. The highest BCUT2D eigenvalue weighted by molar-refractivity contribution is 5.69. The first-order chi connectivity index (χ1) is 6.67. The lowest BCUT2D eigenvalue weighted by atomic mass is 10.1. The Morgan fingerprint density at radius 1 is 1.36 bits per heavy atom. The van der Waals surface area contributed by atoms with E-state index >= 15 is 0 Å². The third kappa shape index (κ3) is 2.59. The number of aryl methyl sites for hydroxylation is 2. The monoisotopic (exact) mass is 191 g/mol. The maximum atomic E-state index is 10.8. The van der Waals surface area contributed by atoms with Crippen molar-refractivity contribution in [1.29, 1.82) is 0 Å². The summed E-state index contributed by atoms with van der Waals surface area (Å²) in [6.45, 7) is 5.52. The minimum Gasteiger partial charge on any atom is -0.426 e. The van der Waals surface area contributed by atoms with Crippen LogP contribution in [-0.2, 0) is 17.6 Å². The predicted octanol–water partition coefficient (Wildman–Crippen LogP) is 2.54. The average Bonchev–Trinajstić information content (AvgIpc) is 2.17. The second-order valence-corrected chi connectivity index (χ2v) is 3.13. The zero-order valence-corrected chi connectivity index (χ0v) is 8.89. The molecule has 0 saturated heterocycles. The van der Waals surface area contributed by atoms with Gasteiger partial charge in [0.2, 0.25) is 0 Å². The van der Waals surface area contributed by atoms with Crippen molar-refractivity contribution in [1.82, 2.24) is 0 Å². The Morgan fingerprint density at radius 3 is 2.57 bits per heavy atom. The molecule has 1 radical (unpaired) electrons. The van der Waals surface area contributed by atoms with Crippen LogP contribution in [0.2, 0.25) is 0 Å². The van der Waals surface area contributed by atoms with Crippen molar-refractivity contribution in [2.45, 2.75) is 33.6 Å². The number of esters is 1. The second-order valence-electron chi connectivity index (χ2n) is 3.13. The topological polar surface area (TPSA) is 26.3 Å². The zero-order valence-electron chi connectivity index (χ0n) is 8.89. The molecule has 1 aromatic carbocycles. The second kappa shape index (κ2) is 4.80. The molecular weight excluding hydrogens is 176 g/mol. The van der Waals surface area contributed by atoms with E-state index in [1.807, 2.05) is 19.1 Å². The van der Waals surface area contributed by atoms with Crippen LogP contribution in [-0.4, -0.2) is 5.97 Å². The molecule has 0 saturated carbocycles. The molecule has 1 rings (SSSR count). The molecule has 14 heavy (non-hydrogen) atoms. The van der Waals surface area contributed by atoms with Crippen LogP contribution in [0.3, 0.4) is 0 Å². The van der Waals surface area contributed by atoms with Crippen molar-refractivity contribution in [2.24, 2.45) is 0 Å². The van der Waals surface area contributed by atoms with E-state index in [2.05, 4.69) is 13.0 Å². The molecule has 0 aliphatic rings. The fourth-order valence-corrected chi connectivity index (χ4v) is 1.29. The van der Waals surface area contributed by atoms with E-state index in [4.69, 9.17) is 4.74 Å². The lowest BCUT2D eigenvalue weighted by molar-refractivity contribution is -0.131. The Hall–Kier alpha value is -1.31. The molecule has 2 nitrogen and oxygen atoms in total. The van der Waals surface area contributed by atoms with E-state index in [9.17, 15) is 4.79 Å². The molecule has 0 unspecified atom stereocenters. The van der Waals surface area contributed by atoms with E-state index in [0.717, 1.165) is 24.0 Å². The van der Waals surface area contributed by atoms with Crippen LogP contribution >= 0.6 is 0 Å². The average molecular weight is 191 g/mol. The molecule has 0 aromatic heterocycles. The zero-order chi connectivity index (χ0) is 10.6. The van der Waals surface area contributed by atoms with Gasteiger partial charge >= 0.3 is 5.97 Å². The van der Waals surface area contributed by atoms with Gasteiger partial charge in [-0.25, -0.2) is 0 Å². The van der Waals surface area contributed by atoms with Gasteiger partial charge in [-0.3, -0.25) is 4.79 Å². The Labute approximate surface area is 84.9 Å². The smallest absolute Gasteiger partial charge is 0.308 e. The molecule has 0 amide bonds. The van der Waals surface area contributed by atoms with Crippen molar-refractivity contribution in [2.75, 3.05) is 0 Å². The first kappa shape index (κ1) is 10.8. The van der Waals surface area contributed by atoms with Crippen molar-refractivity contribution >= 4 is 5.97 Å². The van der Waals surface area contributed by atoms with Gasteiger partial charge in [-0.2, -0.15) is 0 Å². The van der Waals surface area contributed by atoms with Gasteiger partial charge < -0.3 is 4.74 Å². The number of carbonyl (C=O) groups is 1. The van der Waals surface area contributed by atoms with Crippen LogP contribution in [0.4, 0.5) is 0 Å². The van der Waals surface area contributed by atoms with E-state index in [0.29, 0.717) is 5.75 Å². The van der Waals surface area contributed by atoms with Crippen molar-refractivity contribution in [3.8, 4) is 5.75 Å². The lowest BCUT2D eigenvalue weighted by Gasteiger charge is -2.08. The fraction of sp³-hybridized carbons (Fsp3) is 0.417. The molecule has 0 bridgehead atoms. The summed E-state index contributed by atoms with van der Waals surface area (Å²) in [5, 5.41) is 0. The van der Waals surface area contributed by atoms with Gasteiger partial charge in [-0.05, 0) is 30.5 Å². The Morgan fingerprint density at radius 2 is 2.07 bits per heavy atom. The molecular formula is C12H15O2. The minimum atomic E-state index is -0.280. The summed E-state index contributed by atoms with van der Waals surface area (Å²) >= 11 is 0. The fourth-order valence-electron chi connectivity index (χ4n) is 1.29. The highest BCUT2D eigenvalue weighted by Crippen LogP contribution is 2.20. The Bertz CT molecular complexity index is 329. The summed E-state index contributed by atoms with van der Waals surface area (Å²) in [5.41, 5.74) is 2.12. The van der Waals surface area contributed by atoms with Gasteiger partial charge in [0, 0.05) is 12.5 Å². The number of hydrogen-bond donors (Lipinski definition) is 0. The highest BCUT2D eigenvalue weighted by atomic mass is 16.5. The van der Waals surface area contributed by atoms with Gasteiger partial charge in [-0.15, -0.1) is 0 Å². The summed E-state index contributed by atoms with van der Waals surface area (Å²) in [5.74, 6) is 0.356. The quantitative estimate of drug-likeness (QED) is 0.542. The van der Waals surface area contributed by atoms with E-state index < -0.39 is 0 Å². The largest absolute Gasteiger partial charge is 0.426 e. The normalized spacial score (nSPS) is 9.93. The molecule has 0 spiro atoms. The Balaban J connectivity index is 2.98. The number of benzene rings is 1. The van der Waals surface area contributed by atoms with Crippen LogP contribution in [0, 0.1) is 6.07 Å². The summed E-state index contributed by atoms with van der Waals surface area (Å²) in [4.78, 5) is 10.8. The van der Waals surface area contributed by atoms with Crippen LogP contribution < -0.4 is 4.74 Å². The predicted molar refractivity (Wildman–Crippen MR) is 55.3 cm³/mol. The van der Waals surface area contributed by atoms with Crippen molar-refractivity contribution in [3.63, 3.8) is 0 Å². The summed E-state index contributed by atoms with van der Waals surface area (Å²) in [7, 11) is 0. The first-order valence-electron chi connectivity index (χ1n) is 4.89. The maximum absolute atomic E-state index is 10.8. The van der Waals surface area contributed by atoms with Gasteiger partial charge in [0.15, 0.2) is 0 Å². The minimum absolute atomic E-state index is 0.280. The summed E-state index contributed by atoms with van der Waals surface area (Å²) in [6, 6.07) is 7.03. The van der Waals surface area contributed by atoms with Crippen LogP contribution in [0.1, 0.15) is 31.9 Å². The molecule has 0 aliphatic carbocycles. The van der Waals surface area contributed by atoms with Crippen molar-refractivity contribution < 1.29 is 9.53 Å². The third-order valence-corrected chi connectivity index (χ3v) is 2.03. The molecule has 0 heterocycles. The third-order valence-electron chi connectivity index (χ3n) is 2.03. The molecule has 0 aliphatic heterocycles. The Kier molecular flexibility index (Phi) is 3.69. The van der Waals surface area contributed by atoms with Gasteiger partial charge in [0.05, 0.1) is 0 Å². The number of hydrogen-bond acceptors (Lipinski definition) is 2. The van der Waals surface area contributed by atoms with Gasteiger partial charge in [-0.1, -0.05) is 19.9 Å². The van der Waals surface area contributed by atoms with Gasteiger partial charge in [0.25, 0.3) is 0 Å². The van der Waals surface area contributed by atoms with E-state index in [-0.39, 0.29) is 5.97 Å².